The highest BCUT2D eigenvalue weighted by Crippen LogP contribution is 2.30. The first kappa shape index (κ1) is 14.9. The Morgan fingerprint density at radius 3 is 2.62 bits per heavy atom. The van der Waals surface area contributed by atoms with E-state index in [4.69, 9.17) is 4.74 Å². The van der Waals surface area contributed by atoms with E-state index in [1.807, 2.05) is 0 Å². The second-order valence-electron chi connectivity index (χ2n) is 5.58. The Kier molecular flexibility index (Phi) is 3.77. The molecule has 0 atom stereocenters. The van der Waals surface area contributed by atoms with E-state index < -0.39 is 15.8 Å². The maximum absolute atomic E-state index is 13.1. The lowest BCUT2D eigenvalue weighted by atomic mass is 10.0. The largest absolute Gasteiger partial charge is 0.359 e. The Morgan fingerprint density at radius 2 is 2.05 bits per heavy atom. The maximum atomic E-state index is 13.1. The van der Waals surface area contributed by atoms with E-state index in [2.05, 4.69) is 5.32 Å². The molecule has 1 spiro atoms. The van der Waals surface area contributed by atoms with E-state index >= 15 is 0 Å². The molecule has 0 aliphatic carbocycles. The lowest BCUT2D eigenvalue weighted by Gasteiger charge is -2.38. The number of halogens is 1. The lowest BCUT2D eigenvalue weighted by Crippen LogP contribution is -2.52. The van der Waals surface area contributed by atoms with Crippen LogP contribution in [0, 0.1) is 12.7 Å². The molecule has 0 amide bonds. The van der Waals surface area contributed by atoms with Crippen LogP contribution in [0.2, 0.25) is 0 Å². The number of piperidine rings is 1. The summed E-state index contributed by atoms with van der Waals surface area (Å²) in [5.41, 5.74) is 0.0784. The van der Waals surface area contributed by atoms with Gasteiger partial charge in [-0.05, 0) is 30.7 Å². The Balaban J connectivity index is 1.80. The fraction of sp³-hybridized carbons (Fsp3) is 0.571. The molecule has 2 saturated heterocycles. The van der Waals surface area contributed by atoms with Crippen molar-refractivity contribution in [3.8, 4) is 0 Å². The molecular formula is C14H19FN2O3S. The second-order valence-corrected chi connectivity index (χ2v) is 7.49. The predicted molar refractivity (Wildman–Crippen MR) is 75.8 cm³/mol. The molecule has 1 aromatic carbocycles. The first-order valence-corrected chi connectivity index (χ1v) is 8.52. The van der Waals surface area contributed by atoms with Gasteiger partial charge in [-0.2, -0.15) is 4.31 Å². The molecule has 0 bridgehead atoms. The summed E-state index contributed by atoms with van der Waals surface area (Å²) in [4.78, 5) is 0.181. The molecule has 5 nitrogen and oxygen atoms in total. The van der Waals surface area contributed by atoms with Crippen LogP contribution in [0.15, 0.2) is 23.1 Å². The van der Waals surface area contributed by atoms with Gasteiger partial charge in [-0.3, -0.25) is 5.32 Å². The Bertz CT molecular complexity index is 632. The number of hydrogen-bond donors (Lipinski definition) is 1. The number of nitrogens with zero attached hydrogens (tertiary/aromatic N) is 1. The molecular weight excluding hydrogens is 295 g/mol. The van der Waals surface area contributed by atoms with Crippen LogP contribution in [0.5, 0.6) is 0 Å². The maximum Gasteiger partial charge on any atom is 0.243 e. The number of hydrogen-bond acceptors (Lipinski definition) is 4. The molecule has 0 radical (unpaired) electrons. The van der Waals surface area contributed by atoms with E-state index in [9.17, 15) is 12.8 Å². The first-order valence-electron chi connectivity index (χ1n) is 7.08. The summed E-state index contributed by atoms with van der Waals surface area (Å²) in [6.07, 6.45) is 1.26. The van der Waals surface area contributed by atoms with Gasteiger partial charge in [0.25, 0.3) is 0 Å². The SMILES string of the molecule is Cc1cc(F)ccc1S(=O)(=O)N1CCC2(CC1)NCCO2. The van der Waals surface area contributed by atoms with Gasteiger partial charge in [0.05, 0.1) is 11.5 Å². The molecule has 21 heavy (non-hydrogen) atoms. The van der Waals surface area contributed by atoms with E-state index in [0.717, 1.165) is 6.54 Å². The number of aryl methyl sites for hydroxylation is 1. The third-order valence-corrected chi connectivity index (χ3v) is 6.27. The lowest BCUT2D eigenvalue weighted by molar-refractivity contribution is -0.0445. The van der Waals surface area contributed by atoms with Crippen LogP contribution < -0.4 is 5.32 Å². The summed E-state index contributed by atoms with van der Waals surface area (Å²) < 4.78 is 45.6. The molecule has 2 fully saturated rings. The molecule has 2 aliphatic rings. The molecule has 116 valence electrons. The van der Waals surface area contributed by atoms with Crippen LogP contribution in [0.25, 0.3) is 0 Å². The number of sulfonamides is 1. The van der Waals surface area contributed by atoms with E-state index in [1.165, 1.54) is 22.5 Å². The van der Waals surface area contributed by atoms with Crippen LogP contribution in [0.3, 0.4) is 0 Å². The second kappa shape index (κ2) is 5.31. The van der Waals surface area contributed by atoms with Crippen LogP contribution in [-0.2, 0) is 14.8 Å². The molecule has 7 heteroatoms. The average Bonchev–Trinajstić information content (AvgIpc) is 2.87. The van der Waals surface area contributed by atoms with Crippen molar-refractivity contribution in [2.75, 3.05) is 26.2 Å². The van der Waals surface area contributed by atoms with Gasteiger partial charge in [0.2, 0.25) is 10.0 Å². The fourth-order valence-corrected chi connectivity index (χ4v) is 4.67. The van der Waals surface area contributed by atoms with Crippen LogP contribution >= 0.6 is 0 Å². The van der Waals surface area contributed by atoms with Gasteiger partial charge in [0, 0.05) is 32.5 Å². The minimum Gasteiger partial charge on any atom is -0.359 e. The van der Waals surface area contributed by atoms with Crippen molar-refractivity contribution in [3.05, 3.63) is 29.6 Å². The smallest absolute Gasteiger partial charge is 0.243 e. The highest BCUT2D eigenvalue weighted by Gasteiger charge is 2.41. The van der Waals surface area contributed by atoms with Crippen LogP contribution in [0.1, 0.15) is 18.4 Å². The van der Waals surface area contributed by atoms with Gasteiger partial charge in [-0.1, -0.05) is 0 Å². The van der Waals surface area contributed by atoms with Gasteiger partial charge >= 0.3 is 0 Å². The van der Waals surface area contributed by atoms with E-state index in [1.54, 1.807) is 6.92 Å². The van der Waals surface area contributed by atoms with Crippen LogP contribution in [-0.4, -0.2) is 44.7 Å². The van der Waals surface area contributed by atoms with Crippen molar-refractivity contribution < 1.29 is 17.5 Å². The zero-order valence-corrected chi connectivity index (χ0v) is 12.7. The summed E-state index contributed by atoms with van der Waals surface area (Å²) >= 11 is 0. The Morgan fingerprint density at radius 1 is 1.33 bits per heavy atom. The monoisotopic (exact) mass is 314 g/mol. The molecule has 3 rings (SSSR count). The summed E-state index contributed by atoms with van der Waals surface area (Å²) in [5, 5.41) is 3.31. The molecule has 2 heterocycles. The minimum absolute atomic E-state index is 0.181. The van der Waals surface area contributed by atoms with Crippen molar-refractivity contribution in [2.24, 2.45) is 0 Å². The molecule has 0 aromatic heterocycles. The number of rotatable bonds is 2. The predicted octanol–water partition coefficient (Wildman–Crippen LogP) is 1.23. The zero-order chi connectivity index (χ0) is 15.1. The van der Waals surface area contributed by atoms with Crippen molar-refractivity contribution >= 4 is 10.0 Å². The van der Waals surface area contributed by atoms with Crippen molar-refractivity contribution in [2.45, 2.75) is 30.4 Å². The fourth-order valence-electron chi connectivity index (χ4n) is 3.03. The highest BCUT2D eigenvalue weighted by atomic mass is 32.2. The number of nitrogens with one attached hydrogen (secondary N) is 1. The summed E-state index contributed by atoms with van der Waals surface area (Å²) in [5.74, 6) is -0.424. The standard InChI is InChI=1S/C14H19FN2O3S/c1-11-10-12(15)2-3-13(11)21(18,19)17-7-4-14(5-8-17)16-6-9-20-14/h2-3,10,16H,4-9H2,1H3. The third-order valence-electron chi connectivity index (χ3n) is 4.21. The average molecular weight is 314 g/mol. The third kappa shape index (κ3) is 2.70. The van der Waals surface area contributed by atoms with Crippen molar-refractivity contribution in [3.63, 3.8) is 0 Å². The topological polar surface area (TPSA) is 58.6 Å². The molecule has 0 saturated carbocycles. The quantitative estimate of drug-likeness (QED) is 0.892. The number of benzene rings is 1. The summed E-state index contributed by atoms with van der Waals surface area (Å²) in [7, 11) is -3.57. The normalized spacial score (nSPS) is 22.8. The summed E-state index contributed by atoms with van der Waals surface area (Å²) in [6.45, 7) is 3.91. The zero-order valence-electron chi connectivity index (χ0n) is 11.9. The number of ether oxygens (including phenoxy) is 1. The molecule has 1 aromatic rings. The molecule has 2 aliphatic heterocycles. The van der Waals surface area contributed by atoms with E-state index in [0.29, 0.717) is 38.1 Å². The van der Waals surface area contributed by atoms with Crippen molar-refractivity contribution in [1.82, 2.24) is 9.62 Å². The molecule has 0 unspecified atom stereocenters. The van der Waals surface area contributed by atoms with E-state index in [-0.39, 0.29) is 10.6 Å². The van der Waals surface area contributed by atoms with Gasteiger partial charge < -0.3 is 4.74 Å². The van der Waals surface area contributed by atoms with Crippen LogP contribution in [0.4, 0.5) is 4.39 Å². The highest BCUT2D eigenvalue weighted by molar-refractivity contribution is 7.89. The van der Waals surface area contributed by atoms with Gasteiger partial charge in [0.1, 0.15) is 11.5 Å². The minimum atomic E-state index is -3.57. The first-order chi connectivity index (χ1) is 9.93. The van der Waals surface area contributed by atoms with Gasteiger partial charge in [0.15, 0.2) is 0 Å². The Labute approximate surface area is 124 Å². The van der Waals surface area contributed by atoms with Gasteiger partial charge in [-0.25, -0.2) is 12.8 Å². The molecule has 1 N–H and O–H groups in total. The van der Waals surface area contributed by atoms with Gasteiger partial charge in [-0.15, -0.1) is 0 Å². The Hall–Kier alpha value is -1.02. The van der Waals surface area contributed by atoms with Crippen molar-refractivity contribution in [1.29, 1.82) is 0 Å². The summed E-state index contributed by atoms with van der Waals surface area (Å²) in [6, 6.07) is 3.78.